The van der Waals surface area contributed by atoms with E-state index in [1.165, 1.54) is 21.3 Å². The Kier molecular flexibility index (Phi) is 7.97. The molecule has 0 aromatic heterocycles. The van der Waals surface area contributed by atoms with Crippen LogP contribution in [0.3, 0.4) is 0 Å². The zero-order chi connectivity index (χ0) is 24.7. The number of anilines is 2. The molecule has 34 heavy (non-hydrogen) atoms. The molecule has 0 unspecified atom stereocenters. The molecule has 0 saturated carbocycles. The highest BCUT2D eigenvalue weighted by Gasteiger charge is 2.18. The van der Waals surface area contributed by atoms with Crippen molar-refractivity contribution in [2.75, 3.05) is 38.6 Å². The first kappa shape index (κ1) is 24.4. The number of hydrogen-bond acceptors (Lipinski definition) is 6. The predicted octanol–water partition coefficient (Wildman–Crippen LogP) is 4.60. The Labute approximate surface area is 198 Å². The zero-order valence-corrected chi connectivity index (χ0v) is 19.9. The quantitative estimate of drug-likeness (QED) is 0.481. The fraction of sp³-hybridized carbons (Fsp3) is 0.231. The second-order valence-electron chi connectivity index (χ2n) is 7.47. The summed E-state index contributed by atoms with van der Waals surface area (Å²) < 4.78 is 21.7. The van der Waals surface area contributed by atoms with Crippen molar-refractivity contribution in [1.29, 1.82) is 0 Å². The molecule has 0 aliphatic carbocycles. The van der Waals surface area contributed by atoms with Crippen LogP contribution in [0.4, 0.5) is 11.4 Å². The topological polar surface area (TPSA) is 95.1 Å². The standard InChI is InChI=1S/C26H28N2O6/c1-16-9-8-10-17(2)24(16)28-23(29)15-34-20-12-7-6-11-19(20)26(30)27-18-13-21(31-3)25(33-5)22(14-18)32-4/h6-14H,15H2,1-5H3,(H,27,30)(H,28,29). The third-order valence-electron chi connectivity index (χ3n) is 5.16. The second kappa shape index (κ2) is 11.1. The number of methoxy groups -OCH3 is 3. The van der Waals surface area contributed by atoms with Crippen LogP contribution in [0.2, 0.25) is 0 Å². The van der Waals surface area contributed by atoms with Crippen LogP contribution in [0.15, 0.2) is 54.6 Å². The van der Waals surface area contributed by atoms with Gasteiger partial charge in [0.15, 0.2) is 18.1 Å². The summed E-state index contributed by atoms with van der Waals surface area (Å²) >= 11 is 0. The highest BCUT2D eigenvalue weighted by atomic mass is 16.5. The lowest BCUT2D eigenvalue weighted by molar-refractivity contribution is -0.118. The number of ether oxygens (including phenoxy) is 4. The summed E-state index contributed by atoms with van der Waals surface area (Å²) in [7, 11) is 4.49. The van der Waals surface area contributed by atoms with Gasteiger partial charge in [0.2, 0.25) is 5.75 Å². The number of aryl methyl sites for hydroxylation is 2. The van der Waals surface area contributed by atoms with Gasteiger partial charge in [-0.1, -0.05) is 30.3 Å². The van der Waals surface area contributed by atoms with Gasteiger partial charge < -0.3 is 29.6 Å². The summed E-state index contributed by atoms with van der Waals surface area (Å²) in [5.74, 6) is 0.776. The highest BCUT2D eigenvalue weighted by molar-refractivity contribution is 6.06. The Bertz CT molecular complexity index is 1150. The van der Waals surface area contributed by atoms with E-state index in [2.05, 4.69) is 10.6 Å². The van der Waals surface area contributed by atoms with Gasteiger partial charge in [0.25, 0.3) is 11.8 Å². The number of rotatable bonds is 9. The zero-order valence-electron chi connectivity index (χ0n) is 19.9. The van der Waals surface area contributed by atoms with E-state index in [-0.39, 0.29) is 23.8 Å². The normalized spacial score (nSPS) is 10.3. The first-order valence-electron chi connectivity index (χ1n) is 10.6. The lowest BCUT2D eigenvalue weighted by Crippen LogP contribution is -2.22. The van der Waals surface area contributed by atoms with Crippen molar-refractivity contribution >= 4 is 23.2 Å². The molecule has 3 aromatic rings. The molecule has 8 nitrogen and oxygen atoms in total. The van der Waals surface area contributed by atoms with Gasteiger partial charge in [-0.15, -0.1) is 0 Å². The fourth-order valence-electron chi connectivity index (χ4n) is 3.46. The van der Waals surface area contributed by atoms with Crippen LogP contribution in [0.5, 0.6) is 23.0 Å². The number of carbonyl (C=O) groups excluding carboxylic acids is 2. The van der Waals surface area contributed by atoms with Gasteiger partial charge in [-0.3, -0.25) is 9.59 Å². The van der Waals surface area contributed by atoms with Crippen LogP contribution in [0.1, 0.15) is 21.5 Å². The molecule has 0 aliphatic rings. The van der Waals surface area contributed by atoms with Crippen molar-refractivity contribution in [1.82, 2.24) is 0 Å². The van der Waals surface area contributed by atoms with Crippen molar-refractivity contribution in [3.05, 3.63) is 71.3 Å². The van der Waals surface area contributed by atoms with E-state index in [0.717, 1.165) is 16.8 Å². The van der Waals surface area contributed by atoms with Crippen molar-refractivity contribution in [2.24, 2.45) is 0 Å². The van der Waals surface area contributed by atoms with Crippen molar-refractivity contribution < 1.29 is 28.5 Å². The van der Waals surface area contributed by atoms with Gasteiger partial charge in [0, 0.05) is 23.5 Å². The molecule has 0 aliphatic heterocycles. The third-order valence-corrected chi connectivity index (χ3v) is 5.16. The van der Waals surface area contributed by atoms with E-state index < -0.39 is 5.91 Å². The maximum absolute atomic E-state index is 13.0. The molecule has 0 saturated heterocycles. The SMILES string of the molecule is COc1cc(NC(=O)c2ccccc2OCC(=O)Nc2c(C)cccc2C)cc(OC)c1OC. The Morgan fingerprint density at radius 1 is 0.765 bits per heavy atom. The number of amides is 2. The molecule has 2 N–H and O–H groups in total. The van der Waals surface area contributed by atoms with E-state index in [0.29, 0.717) is 22.9 Å². The second-order valence-corrected chi connectivity index (χ2v) is 7.47. The van der Waals surface area contributed by atoms with Crippen LogP contribution in [-0.2, 0) is 4.79 Å². The lowest BCUT2D eigenvalue weighted by atomic mass is 10.1. The highest BCUT2D eigenvalue weighted by Crippen LogP contribution is 2.40. The first-order chi connectivity index (χ1) is 16.4. The number of nitrogens with one attached hydrogen (secondary N) is 2. The molecule has 178 valence electrons. The van der Waals surface area contributed by atoms with Gasteiger partial charge in [-0.25, -0.2) is 0 Å². The summed E-state index contributed by atoms with van der Waals surface area (Å²) in [6, 6.07) is 15.7. The van der Waals surface area contributed by atoms with E-state index in [9.17, 15) is 9.59 Å². The fourth-order valence-corrected chi connectivity index (χ4v) is 3.46. The largest absolute Gasteiger partial charge is 0.493 e. The van der Waals surface area contributed by atoms with Crippen molar-refractivity contribution in [3.8, 4) is 23.0 Å². The third kappa shape index (κ3) is 5.58. The summed E-state index contributed by atoms with van der Waals surface area (Å²) in [5, 5.41) is 5.68. The predicted molar refractivity (Wildman–Crippen MR) is 131 cm³/mol. The minimum atomic E-state index is -0.417. The molecule has 0 radical (unpaired) electrons. The van der Waals surface area contributed by atoms with E-state index in [1.54, 1.807) is 36.4 Å². The maximum atomic E-state index is 13.0. The summed E-state index contributed by atoms with van der Waals surface area (Å²) in [6.07, 6.45) is 0. The molecular weight excluding hydrogens is 436 g/mol. The summed E-state index contributed by atoms with van der Waals surface area (Å²) in [5.41, 5.74) is 3.39. The van der Waals surface area contributed by atoms with Crippen LogP contribution in [0.25, 0.3) is 0 Å². The smallest absolute Gasteiger partial charge is 0.262 e. The van der Waals surface area contributed by atoms with Crippen molar-refractivity contribution in [3.63, 3.8) is 0 Å². The molecule has 3 aromatic carbocycles. The molecule has 0 atom stereocenters. The Morgan fingerprint density at radius 3 is 1.97 bits per heavy atom. The van der Waals surface area contributed by atoms with Gasteiger partial charge in [0.1, 0.15) is 5.75 Å². The Hall–Kier alpha value is -4.20. The maximum Gasteiger partial charge on any atom is 0.262 e. The van der Waals surface area contributed by atoms with Crippen molar-refractivity contribution in [2.45, 2.75) is 13.8 Å². The lowest BCUT2D eigenvalue weighted by Gasteiger charge is -2.16. The molecule has 0 fully saturated rings. The summed E-state index contributed by atoms with van der Waals surface area (Å²) in [4.78, 5) is 25.5. The minimum Gasteiger partial charge on any atom is -0.493 e. The Balaban J connectivity index is 1.74. The van der Waals surface area contributed by atoms with E-state index in [4.69, 9.17) is 18.9 Å². The molecule has 0 spiro atoms. The molecule has 0 heterocycles. The minimum absolute atomic E-state index is 0.248. The van der Waals surface area contributed by atoms with E-state index in [1.807, 2.05) is 32.0 Å². The first-order valence-corrected chi connectivity index (χ1v) is 10.6. The van der Waals surface area contributed by atoms with E-state index >= 15 is 0 Å². The molecule has 8 heteroatoms. The van der Waals surface area contributed by atoms with Crippen LogP contribution < -0.4 is 29.6 Å². The number of carbonyl (C=O) groups is 2. The Morgan fingerprint density at radius 2 is 1.38 bits per heavy atom. The number of hydrogen-bond donors (Lipinski definition) is 2. The van der Waals surface area contributed by atoms with Gasteiger partial charge in [0.05, 0.1) is 26.9 Å². The average molecular weight is 465 g/mol. The number of benzene rings is 3. The molecule has 0 bridgehead atoms. The van der Waals surface area contributed by atoms with Gasteiger partial charge in [-0.05, 0) is 37.1 Å². The van der Waals surface area contributed by atoms with Gasteiger partial charge >= 0.3 is 0 Å². The molecular formula is C26H28N2O6. The van der Waals surface area contributed by atoms with Crippen LogP contribution >= 0.6 is 0 Å². The summed E-state index contributed by atoms with van der Waals surface area (Å²) in [6.45, 7) is 3.60. The average Bonchev–Trinajstić information content (AvgIpc) is 2.84. The molecule has 3 rings (SSSR count). The monoisotopic (exact) mass is 464 g/mol. The van der Waals surface area contributed by atoms with Crippen LogP contribution in [-0.4, -0.2) is 39.8 Å². The van der Waals surface area contributed by atoms with Gasteiger partial charge in [-0.2, -0.15) is 0 Å². The molecule has 2 amide bonds. The number of para-hydroxylation sites is 2. The van der Waals surface area contributed by atoms with Crippen LogP contribution in [0, 0.1) is 13.8 Å².